The molecule has 1 aliphatic heterocycles. The van der Waals surface area contributed by atoms with E-state index in [9.17, 15) is 13.6 Å². The Bertz CT molecular complexity index is 418. The quantitative estimate of drug-likeness (QED) is 0.795. The van der Waals surface area contributed by atoms with Gasteiger partial charge in [0.05, 0.1) is 0 Å². The predicted octanol–water partition coefficient (Wildman–Crippen LogP) is 0.992. The Morgan fingerprint density at radius 2 is 2.44 bits per heavy atom. The highest BCUT2D eigenvalue weighted by molar-refractivity contribution is 5.91. The molecule has 0 bridgehead atoms. The number of aromatic nitrogens is 2. The number of nitrogens with two attached hydrogens (primary N) is 1. The highest BCUT2D eigenvalue weighted by Crippen LogP contribution is 2.31. The van der Waals surface area contributed by atoms with E-state index in [2.05, 4.69) is 10.4 Å². The van der Waals surface area contributed by atoms with E-state index in [4.69, 9.17) is 5.73 Å². The molecule has 0 radical (unpaired) electrons. The topological polar surface area (TPSA) is 72.9 Å². The van der Waals surface area contributed by atoms with Crippen LogP contribution in [0.1, 0.15) is 29.9 Å². The molecule has 0 fully saturated rings. The number of hydrogen-bond donors (Lipinski definition) is 2. The summed E-state index contributed by atoms with van der Waals surface area (Å²) in [6, 6.07) is 0.316. The number of fused-ring (bicyclic) bond motifs is 1. The van der Waals surface area contributed by atoms with Gasteiger partial charge in [0.2, 0.25) is 0 Å². The van der Waals surface area contributed by atoms with Gasteiger partial charge in [0.25, 0.3) is 12.3 Å². The molecule has 2 rings (SSSR count). The number of nitrogens with zero attached hydrogens (tertiary/aromatic N) is 2. The number of primary amides is 1. The lowest BCUT2D eigenvalue weighted by Crippen LogP contribution is -2.33. The van der Waals surface area contributed by atoms with Gasteiger partial charge in [-0.3, -0.25) is 4.79 Å². The monoisotopic (exact) mass is 230 g/mol. The summed E-state index contributed by atoms with van der Waals surface area (Å²) in [5.41, 5.74) is 5.05. The van der Waals surface area contributed by atoms with Gasteiger partial charge in [-0.25, -0.2) is 13.5 Å². The minimum atomic E-state index is -2.51. The lowest BCUT2D eigenvalue weighted by molar-refractivity contribution is 0.0663. The smallest absolute Gasteiger partial charge is 0.269 e. The number of carbonyl (C=O) groups excluding carboxylic acids is 1. The third-order valence-electron chi connectivity index (χ3n) is 2.58. The van der Waals surface area contributed by atoms with E-state index in [0.717, 1.165) is 4.68 Å². The van der Waals surface area contributed by atoms with Crippen molar-refractivity contribution in [3.05, 3.63) is 11.8 Å². The van der Waals surface area contributed by atoms with Crippen LogP contribution in [0, 0.1) is 0 Å². The molecule has 0 spiro atoms. The minimum Gasteiger partial charge on any atom is -0.368 e. The van der Waals surface area contributed by atoms with Crippen LogP contribution >= 0.6 is 0 Å². The Morgan fingerprint density at radius 1 is 1.75 bits per heavy atom. The molecule has 0 aromatic carbocycles. The number of anilines is 1. The first-order chi connectivity index (χ1) is 7.49. The molecule has 7 heteroatoms. The molecule has 16 heavy (non-hydrogen) atoms. The Kier molecular flexibility index (Phi) is 2.53. The maximum absolute atomic E-state index is 12.8. The molecule has 2 unspecified atom stereocenters. The van der Waals surface area contributed by atoms with Gasteiger partial charge in [-0.15, -0.1) is 0 Å². The van der Waals surface area contributed by atoms with Gasteiger partial charge in [0.15, 0.2) is 5.69 Å². The van der Waals surface area contributed by atoms with E-state index in [1.807, 2.05) is 0 Å². The van der Waals surface area contributed by atoms with Gasteiger partial charge in [0, 0.05) is 12.1 Å². The molecule has 3 N–H and O–H groups in total. The van der Waals surface area contributed by atoms with Crippen LogP contribution in [0.25, 0.3) is 0 Å². The first-order valence-corrected chi connectivity index (χ1v) is 4.93. The molecular weight excluding hydrogens is 218 g/mol. The zero-order valence-corrected chi connectivity index (χ0v) is 8.65. The van der Waals surface area contributed by atoms with Gasteiger partial charge < -0.3 is 11.1 Å². The van der Waals surface area contributed by atoms with Crippen molar-refractivity contribution >= 4 is 11.7 Å². The van der Waals surface area contributed by atoms with Crippen molar-refractivity contribution in [2.24, 2.45) is 5.73 Å². The van der Waals surface area contributed by atoms with Crippen molar-refractivity contribution in [2.45, 2.75) is 31.9 Å². The Morgan fingerprint density at radius 3 is 3.00 bits per heavy atom. The average Bonchev–Trinajstić information content (AvgIpc) is 2.59. The van der Waals surface area contributed by atoms with Crippen molar-refractivity contribution in [1.29, 1.82) is 0 Å². The Labute approximate surface area is 90.6 Å². The van der Waals surface area contributed by atoms with Crippen LogP contribution in [0.5, 0.6) is 0 Å². The van der Waals surface area contributed by atoms with Crippen LogP contribution in [0.4, 0.5) is 14.6 Å². The van der Waals surface area contributed by atoms with E-state index in [1.54, 1.807) is 6.92 Å². The fourth-order valence-electron chi connectivity index (χ4n) is 1.86. The summed E-state index contributed by atoms with van der Waals surface area (Å²) in [6.45, 7) is 1.80. The van der Waals surface area contributed by atoms with Crippen LogP contribution < -0.4 is 11.1 Å². The standard InChI is InChI=1S/C9H12F2N4O/c1-4-2-6(8(10)11)15-7(13-4)3-5(14-15)9(12)16/h3-4,6,8,13H,2H2,1H3,(H2,12,16). The van der Waals surface area contributed by atoms with E-state index >= 15 is 0 Å². The highest BCUT2D eigenvalue weighted by atomic mass is 19.3. The van der Waals surface area contributed by atoms with Crippen molar-refractivity contribution < 1.29 is 13.6 Å². The second-order valence-corrected chi connectivity index (χ2v) is 3.91. The molecule has 2 heterocycles. The van der Waals surface area contributed by atoms with Gasteiger partial charge in [-0.1, -0.05) is 0 Å². The molecular formula is C9H12F2N4O. The second-order valence-electron chi connectivity index (χ2n) is 3.91. The number of carbonyl (C=O) groups is 1. The van der Waals surface area contributed by atoms with Crippen molar-refractivity contribution in [3.63, 3.8) is 0 Å². The van der Waals surface area contributed by atoms with Gasteiger partial charge in [0.1, 0.15) is 11.9 Å². The summed E-state index contributed by atoms with van der Waals surface area (Å²) in [5.74, 6) is -0.304. The fraction of sp³-hybridized carbons (Fsp3) is 0.556. The van der Waals surface area contributed by atoms with Crippen LogP contribution in [-0.4, -0.2) is 28.2 Å². The van der Waals surface area contributed by atoms with E-state index in [0.29, 0.717) is 5.82 Å². The first-order valence-electron chi connectivity index (χ1n) is 4.93. The van der Waals surface area contributed by atoms with Gasteiger partial charge >= 0.3 is 0 Å². The number of halogens is 2. The summed E-state index contributed by atoms with van der Waals surface area (Å²) >= 11 is 0. The molecule has 5 nitrogen and oxygen atoms in total. The minimum absolute atomic E-state index is 0.00208. The third-order valence-corrected chi connectivity index (χ3v) is 2.58. The van der Waals surface area contributed by atoms with E-state index < -0.39 is 18.4 Å². The molecule has 1 amide bonds. The summed E-state index contributed by atoms with van der Waals surface area (Å²) in [4.78, 5) is 10.9. The fourth-order valence-corrected chi connectivity index (χ4v) is 1.86. The van der Waals surface area contributed by atoms with Crippen LogP contribution in [0.15, 0.2) is 6.07 Å². The SMILES string of the molecule is CC1CC(C(F)F)n2nc(C(N)=O)cc2N1. The van der Waals surface area contributed by atoms with Crippen LogP contribution in [0.2, 0.25) is 0 Å². The van der Waals surface area contributed by atoms with Crippen molar-refractivity contribution in [1.82, 2.24) is 9.78 Å². The second kappa shape index (κ2) is 3.73. The largest absolute Gasteiger partial charge is 0.368 e. The van der Waals surface area contributed by atoms with E-state index in [-0.39, 0.29) is 18.2 Å². The lowest BCUT2D eigenvalue weighted by Gasteiger charge is -2.29. The average molecular weight is 230 g/mol. The maximum Gasteiger partial charge on any atom is 0.269 e. The predicted molar refractivity (Wildman–Crippen MR) is 53.5 cm³/mol. The summed E-state index contributed by atoms with van der Waals surface area (Å²) in [5, 5.41) is 6.77. The summed E-state index contributed by atoms with van der Waals surface area (Å²) < 4.78 is 26.7. The zero-order valence-electron chi connectivity index (χ0n) is 8.65. The Hall–Kier alpha value is -1.66. The molecule has 1 aromatic heterocycles. The third kappa shape index (κ3) is 1.72. The number of nitrogens with one attached hydrogen (secondary N) is 1. The zero-order chi connectivity index (χ0) is 11.9. The number of amides is 1. The Balaban J connectivity index is 2.41. The van der Waals surface area contributed by atoms with Crippen LogP contribution in [-0.2, 0) is 0 Å². The first kappa shape index (κ1) is 10.8. The summed E-state index contributed by atoms with van der Waals surface area (Å²) in [6.07, 6.45) is -2.24. The lowest BCUT2D eigenvalue weighted by atomic mass is 10.1. The molecule has 0 saturated carbocycles. The molecule has 0 saturated heterocycles. The number of rotatable bonds is 2. The summed E-state index contributed by atoms with van der Waals surface area (Å²) in [7, 11) is 0. The van der Waals surface area contributed by atoms with Gasteiger partial charge in [-0.05, 0) is 13.3 Å². The molecule has 1 aliphatic rings. The number of hydrogen-bond acceptors (Lipinski definition) is 3. The highest BCUT2D eigenvalue weighted by Gasteiger charge is 2.32. The maximum atomic E-state index is 12.8. The van der Waals surface area contributed by atoms with Gasteiger partial charge in [-0.2, -0.15) is 5.10 Å². The van der Waals surface area contributed by atoms with Crippen LogP contribution in [0.3, 0.4) is 0 Å². The molecule has 2 atom stereocenters. The molecule has 0 aliphatic carbocycles. The normalized spacial score (nSPS) is 24.0. The van der Waals surface area contributed by atoms with Crippen molar-refractivity contribution in [3.8, 4) is 0 Å². The molecule has 1 aromatic rings. The van der Waals surface area contributed by atoms with Crippen molar-refractivity contribution in [2.75, 3.05) is 5.32 Å². The van der Waals surface area contributed by atoms with E-state index in [1.165, 1.54) is 6.07 Å². The number of alkyl halides is 2. The molecule has 88 valence electrons.